The molecule has 0 spiro atoms. The first kappa shape index (κ1) is 19.7. The molecular weight excluding hydrogens is 411 g/mol. The highest BCUT2D eigenvalue weighted by Crippen LogP contribution is 2.32. The summed E-state index contributed by atoms with van der Waals surface area (Å²) in [5.41, 5.74) is 0.457. The molecule has 0 radical (unpaired) electrons. The Hall–Kier alpha value is -3.57. The van der Waals surface area contributed by atoms with Gasteiger partial charge in [0.1, 0.15) is 30.1 Å². The molecule has 1 aliphatic heterocycles. The lowest BCUT2D eigenvalue weighted by molar-refractivity contribution is 0.286. The number of rotatable bonds is 5. The zero-order valence-corrected chi connectivity index (χ0v) is 16.7. The van der Waals surface area contributed by atoms with Gasteiger partial charge in [-0.1, -0.05) is 23.7 Å². The van der Waals surface area contributed by atoms with Crippen LogP contribution >= 0.6 is 11.6 Å². The molecule has 2 heterocycles. The van der Waals surface area contributed by atoms with E-state index in [0.717, 1.165) is 12.4 Å². The number of fused-ring (bicyclic) bond motifs is 1. The molecule has 0 fully saturated rings. The van der Waals surface area contributed by atoms with Crippen LogP contribution in [0.3, 0.4) is 0 Å². The molecule has 0 N–H and O–H groups in total. The fourth-order valence-electron chi connectivity index (χ4n) is 3.16. The van der Waals surface area contributed by atoms with E-state index < -0.39 is 5.82 Å². The topological polar surface area (TPSA) is 80.4 Å². The van der Waals surface area contributed by atoms with E-state index in [1.165, 1.54) is 18.2 Å². The molecule has 3 aromatic rings. The molecule has 1 aromatic heterocycles. The number of halogens is 2. The molecule has 2 aromatic carbocycles. The fraction of sp³-hybridized carbons (Fsp3) is 0.190. The van der Waals surface area contributed by atoms with Crippen LogP contribution in [0, 0.1) is 17.1 Å². The monoisotopic (exact) mass is 426 g/mol. The zero-order chi connectivity index (χ0) is 21.3. The van der Waals surface area contributed by atoms with Gasteiger partial charge >= 0.3 is 5.69 Å². The van der Waals surface area contributed by atoms with Crippen LogP contribution in [0.15, 0.2) is 47.3 Å². The summed E-state index contributed by atoms with van der Waals surface area (Å²) in [6, 6.07) is 12.7. The highest BCUT2D eigenvalue weighted by molar-refractivity contribution is 6.30. The summed E-state index contributed by atoms with van der Waals surface area (Å²) >= 11 is 5.82. The van der Waals surface area contributed by atoms with E-state index in [2.05, 4.69) is 11.1 Å². The lowest BCUT2D eigenvalue weighted by atomic mass is 10.1. The molecule has 30 heavy (non-hydrogen) atoms. The van der Waals surface area contributed by atoms with Gasteiger partial charge in [0.25, 0.3) is 0 Å². The SMILES string of the molecule is CN1CCn2c1cc(OCc1cccc(C#N)c1Oc1ccc(F)c(Cl)c1)nc2=O. The van der Waals surface area contributed by atoms with Crippen molar-refractivity contribution in [1.82, 2.24) is 9.55 Å². The van der Waals surface area contributed by atoms with Gasteiger partial charge in [0.2, 0.25) is 5.88 Å². The number of hydrogen-bond donors (Lipinski definition) is 0. The maximum Gasteiger partial charge on any atom is 0.352 e. The van der Waals surface area contributed by atoms with Gasteiger partial charge in [0.05, 0.1) is 10.6 Å². The van der Waals surface area contributed by atoms with Gasteiger partial charge in [0.15, 0.2) is 5.75 Å². The number of hydrogen-bond acceptors (Lipinski definition) is 6. The minimum absolute atomic E-state index is 0.0133. The molecule has 7 nitrogen and oxygen atoms in total. The normalized spacial score (nSPS) is 12.4. The summed E-state index contributed by atoms with van der Waals surface area (Å²) in [7, 11) is 1.89. The van der Waals surface area contributed by atoms with E-state index in [4.69, 9.17) is 21.1 Å². The molecule has 9 heteroatoms. The Labute approximate surface area is 176 Å². The van der Waals surface area contributed by atoms with Crippen molar-refractivity contribution in [1.29, 1.82) is 5.26 Å². The van der Waals surface area contributed by atoms with Crippen LogP contribution in [0.25, 0.3) is 0 Å². The van der Waals surface area contributed by atoms with Gasteiger partial charge in [-0.3, -0.25) is 4.57 Å². The summed E-state index contributed by atoms with van der Waals surface area (Å²) in [4.78, 5) is 18.1. The maximum absolute atomic E-state index is 13.4. The zero-order valence-electron chi connectivity index (χ0n) is 15.9. The number of nitrogens with zero attached hydrogens (tertiary/aromatic N) is 4. The van der Waals surface area contributed by atoms with Crippen LogP contribution in [0.1, 0.15) is 11.1 Å². The van der Waals surface area contributed by atoms with Gasteiger partial charge in [-0.2, -0.15) is 10.2 Å². The number of benzene rings is 2. The van der Waals surface area contributed by atoms with Crippen molar-refractivity contribution in [3.8, 4) is 23.4 Å². The van der Waals surface area contributed by atoms with Gasteiger partial charge in [-0.15, -0.1) is 0 Å². The van der Waals surface area contributed by atoms with Gasteiger partial charge < -0.3 is 14.4 Å². The van der Waals surface area contributed by atoms with E-state index in [1.54, 1.807) is 28.8 Å². The first-order valence-electron chi connectivity index (χ1n) is 9.07. The van der Waals surface area contributed by atoms with Gasteiger partial charge in [-0.25, -0.2) is 9.18 Å². The Bertz CT molecular complexity index is 1220. The van der Waals surface area contributed by atoms with E-state index >= 15 is 0 Å². The predicted octanol–water partition coefficient (Wildman–Crippen LogP) is 3.73. The molecule has 0 unspecified atom stereocenters. The number of anilines is 1. The molecule has 0 atom stereocenters. The Morgan fingerprint density at radius 2 is 2.10 bits per heavy atom. The van der Waals surface area contributed by atoms with Crippen molar-refractivity contribution < 1.29 is 13.9 Å². The second kappa shape index (κ2) is 8.05. The van der Waals surface area contributed by atoms with Crippen molar-refractivity contribution in [3.63, 3.8) is 0 Å². The van der Waals surface area contributed by atoms with E-state index in [1.807, 2.05) is 11.9 Å². The van der Waals surface area contributed by atoms with Crippen LogP contribution in [0.4, 0.5) is 10.2 Å². The third kappa shape index (κ3) is 3.80. The molecule has 0 saturated heterocycles. The van der Waals surface area contributed by atoms with Crippen LogP contribution < -0.4 is 20.1 Å². The smallest absolute Gasteiger partial charge is 0.352 e. The molecule has 0 bridgehead atoms. The van der Waals surface area contributed by atoms with Crippen LogP contribution in [-0.4, -0.2) is 23.1 Å². The summed E-state index contributed by atoms with van der Waals surface area (Å²) in [5.74, 6) is 0.880. The third-order valence-corrected chi connectivity index (χ3v) is 5.01. The molecule has 0 amide bonds. The lowest BCUT2D eigenvalue weighted by Gasteiger charge is -2.15. The molecule has 1 aliphatic rings. The van der Waals surface area contributed by atoms with Gasteiger partial charge in [-0.05, 0) is 18.2 Å². The Kier molecular flexibility index (Phi) is 5.29. The first-order valence-corrected chi connectivity index (χ1v) is 9.45. The number of ether oxygens (including phenoxy) is 2. The average molecular weight is 427 g/mol. The first-order chi connectivity index (χ1) is 14.5. The number of likely N-dealkylation sites (N-methyl/N-ethyl adjacent to an activating group) is 1. The predicted molar refractivity (Wildman–Crippen MR) is 109 cm³/mol. The van der Waals surface area contributed by atoms with Crippen molar-refractivity contribution in [2.45, 2.75) is 13.2 Å². The van der Waals surface area contributed by atoms with Crippen LogP contribution in [0.2, 0.25) is 5.02 Å². The number of para-hydroxylation sites is 1. The molecule has 4 rings (SSSR count). The molecule has 152 valence electrons. The molecule has 0 aliphatic carbocycles. The number of aromatic nitrogens is 2. The highest BCUT2D eigenvalue weighted by atomic mass is 35.5. The Balaban J connectivity index is 1.61. The van der Waals surface area contributed by atoms with E-state index in [0.29, 0.717) is 12.1 Å². The maximum atomic E-state index is 13.4. The molecular formula is C21H16ClFN4O3. The van der Waals surface area contributed by atoms with Crippen molar-refractivity contribution in [2.75, 3.05) is 18.5 Å². The number of nitriles is 1. The minimum Gasteiger partial charge on any atom is -0.472 e. The molecule has 0 saturated carbocycles. The average Bonchev–Trinajstić information content (AvgIpc) is 3.11. The van der Waals surface area contributed by atoms with E-state index in [-0.39, 0.29) is 40.3 Å². The second-order valence-electron chi connectivity index (χ2n) is 6.68. The van der Waals surface area contributed by atoms with Crippen LogP contribution in [-0.2, 0) is 13.2 Å². The van der Waals surface area contributed by atoms with Crippen molar-refractivity contribution >= 4 is 17.4 Å². The summed E-state index contributed by atoms with van der Waals surface area (Å²) in [5, 5.41) is 9.37. The van der Waals surface area contributed by atoms with Crippen molar-refractivity contribution in [3.05, 3.63) is 74.9 Å². The van der Waals surface area contributed by atoms with Crippen LogP contribution in [0.5, 0.6) is 17.4 Å². The summed E-state index contributed by atoms with van der Waals surface area (Å²) in [6.07, 6.45) is 0. The quantitative estimate of drug-likeness (QED) is 0.618. The van der Waals surface area contributed by atoms with Crippen molar-refractivity contribution in [2.24, 2.45) is 0 Å². The summed E-state index contributed by atoms with van der Waals surface area (Å²) in [6.45, 7) is 1.32. The van der Waals surface area contributed by atoms with Gasteiger partial charge in [0, 0.05) is 37.8 Å². The second-order valence-corrected chi connectivity index (χ2v) is 7.09. The minimum atomic E-state index is -0.569. The Morgan fingerprint density at radius 1 is 1.27 bits per heavy atom. The standard InChI is InChI=1S/C21H16ClFN4O3/c1-26-7-8-27-19(26)10-18(25-21(27)28)29-12-14-4-2-3-13(11-24)20(14)30-15-5-6-17(23)16(22)9-15/h2-6,9-10H,7-8,12H2,1H3. The largest absolute Gasteiger partial charge is 0.472 e. The fourth-order valence-corrected chi connectivity index (χ4v) is 3.33. The Morgan fingerprint density at radius 3 is 2.87 bits per heavy atom. The van der Waals surface area contributed by atoms with E-state index in [9.17, 15) is 14.4 Å². The highest BCUT2D eigenvalue weighted by Gasteiger charge is 2.19. The summed E-state index contributed by atoms with van der Waals surface area (Å²) < 4.78 is 26.6. The third-order valence-electron chi connectivity index (χ3n) is 4.72. The lowest BCUT2D eigenvalue weighted by Crippen LogP contribution is -2.22.